The third kappa shape index (κ3) is 4.47. The van der Waals surface area contributed by atoms with Gasteiger partial charge in [-0.15, -0.1) is 11.3 Å². The van der Waals surface area contributed by atoms with E-state index in [9.17, 15) is 9.90 Å². The minimum Gasteiger partial charge on any atom is -0.506 e. The number of aryl methyl sites for hydroxylation is 1. The highest BCUT2D eigenvalue weighted by atomic mass is 79.9. The molecule has 7 heteroatoms. The van der Waals surface area contributed by atoms with Gasteiger partial charge in [-0.1, -0.05) is 18.2 Å². The van der Waals surface area contributed by atoms with Gasteiger partial charge in [-0.2, -0.15) is 0 Å². The zero-order valence-corrected chi connectivity index (χ0v) is 19.4. The number of para-hydroxylation sites is 1. The zero-order chi connectivity index (χ0) is 20.4. The lowest BCUT2D eigenvalue weighted by molar-refractivity contribution is 0.102. The van der Waals surface area contributed by atoms with Gasteiger partial charge in [0, 0.05) is 16.8 Å². The van der Waals surface area contributed by atoms with Crippen molar-refractivity contribution in [2.45, 2.75) is 25.7 Å². The van der Waals surface area contributed by atoms with E-state index in [2.05, 4.69) is 42.2 Å². The van der Waals surface area contributed by atoms with Crippen LogP contribution in [0.25, 0.3) is 0 Å². The highest BCUT2D eigenvalue weighted by Crippen LogP contribution is 2.40. The molecule has 0 spiro atoms. The van der Waals surface area contributed by atoms with Crippen molar-refractivity contribution in [3.8, 4) is 5.75 Å². The Morgan fingerprint density at radius 2 is 1.79 bits per heavy atom. The van der Waals surface area contributed by atoms with Crippen molar-refractivity contribution in [3.05, 3.63) is 73.0 Å². The number of amides is 1. The average molecular weight is 534 g/mol. The molecular formula is C22H18Br2N2O2S. The second-order valence-electron chi connectivity index (χ2n) is 6.80. The van der Waals surface area contributed by atoms with E-state index in [0.29, 0.717) is 14.5 Å². The summed E-state index contributed by atoms with van der Waals surface area (Å²) in [5.41, 5.74) is 3.41. The van der Waals surface area contributed by atoms with Crippen molar-refractivity contribution in [1.29, 1.82) is 0 Å². The molecule has 3 aromatic rings. The van der Waals surface area contributed by atoms with Crippen LogP contribution in [0.2, 0.25) is 0 Å². The summed E-state index contributed by atoms with van der Waals surface area (Å²) in [7, 11) is 0. The maximum absolute atomic E-state index is 13.1. The van der Waals surface area contributed by atoms with Crippen LogP contribution in [0, 0.1) is 0 Å². The van der Waals surface area contributed by atoms with Gasteiger partial charge in [-0.05, 0) is 92.9 Å². The molecular weight excluding hydrogens is 516 g/mol. The molecule has 0 aliphatic heterocycles. The number of phenolic OH excluding ortho intramolecular Hbond substituents is 1. The largest absolute Gasteiger partial charge is 0.506 e. The fraction of sp³-hybridized carbons (Fsp3) is 0.182. The molecule has 1 heterocycles. The number of nitrogens with one attached hydrogen (secondary N) is 1. The van der Waals surface area contributed by atoms with Gasteiger partial charge in [0.1, 0.15) is 10.8 Å². The molecule has 1 aliphatic rings. The second kappa shape index (κ2) is 8.81. The Morgan fingerprint density at radius 3 is 2.52 bits per heavy atom. The van der Waals surface area contributed by atoms with Gasteiger partial charge in [0.2, 0.25) is 0 Å². The molecule has 0 unspecified atom stereocenters. The van der Waals surface area contributed by atoms with Crippen molar-refractivity contribution in [2.75, 3.05) is 5.32 Å². The molecule has 148 valence electrons. The Labute approximate surface area is 190 Å². The monoisotopic (exact) mass is 532 g/mol. The number of benzene rings is 2. The van der Waals surface area contributed by atoms with E-state index >= 15 is 0 Å². The first-order chi connectivity index (χ1) is 14.0. The van der Waals surface area contributed by atoms with Crippen molar-refractivity contribution in [2.24, 2.45) is 4.99 Å². The minimum atomic E-state index is -0.115. The Hall–Kier alpha value is -1.96. The molecule has 1 aromatic heterocycles. The summed E-state index contributed by atoms with van der Waals surface area (Å²) in [6.07, 6.45) is 5.88. The van der Waals surface area contributed by atoms with Crippen LogP contribution in [0.15, 0.2) is 56.4 Å². The fourth-order valence-electron chi connectivity index (χ4n) is 3.38. The number of aromatic hydroxyl groups is 1. The van der Waals surface area contributed by atoms with Crippen LogP contribution in [0.3, 0.4) is 0 Å². The smallest absolute Gasteiger partial charge is 0.259 e. The van der Waals surface area contributed by atoms with Gasteiger partial charge in [0.15, 0.2) is 0 Å². The average Bonchev–Trinajstić information content (AvgIpc) is 3.09. The number of phenols is 1. The highest BCUT2D eigenvalue weighted by Gasteiger charge is 2.25. The third-order valence-corrected chi connectivity index (χ3v) is 7.19. The van der Waals surface area contributed by atoms with E-state index in [4.69, 9.17) is 0 Å². The summed E-state index contributed by atoms with van der Waals surface area (Å²) >= 11 is 8.28. The van der Waals surface area contributed by atoms with Crippen LogP contribution in [0.4, 0.5) is 10.7 Å². The molecule has 0 radical (unpaired) electrons. The Bertz CT molecular complexity index is 1070. The first kappa shape index (κ1) is 20.3. The number of nitrogens with zero attached hydrogens (tertiary/aromatic N) is 1. The van der Waals surface area contributed by atoms with E-state index in [-0.39, 0.29) is 11.7 Å². The molecule has 4 nitrogen and oxygen atoms in total. The lowest BCUT2D eigenvalue weighted by Crippen LogP contribution is -2.14. The number of halogens is 2. The number of anilines is 1. The molecule has 29 heavy (non-hydrogen) atoms. The topological polar surface area (TPSA) is 61.7 Å². The minimum absolute atomic E-state index is 0.115. The number of thiophene rings is 1. The van der Waals surface area contributed by atoms with Crippen molar-refractivity contribution in [3.63, 3.8) is 0 Å². The summed E-state index contributed by atoms with van der Waals surface area (Å²) in [5.74, 6) is 0.0347. The van der Waals surface area contributed by atoms with Crippen LogP contribution < -0.4 is 5.32 Å². The number of aliphatic imine (C=N–C) groups is 1. The maximum atomic E-state index is 13.1. The number of fused-ring (bicyclic) bond motifs is 1. The van der Waals surface area contributed by atoms with Gasteiger partial charge < -0.3 is 10.4 Å². The summed E-state index contributed by atoms with van der Waals surface area (Å²) < 4.78 is 1.17. The van der Waals surface area contributed by atoms with E-state index in [1.54, 1.807) is 29.7 Å². The van der Waals surface area contributed by atoms with E-state index in [0.717, 1.165) is 47.5 Å². The zero-order valence-electron chi connectivity index (χ0n) is 15.4. The predicted molar refractivity (Wildman–Crippen MR) is 126 cm³/mol. The molecule has 0 saturated heterocycles. The Balaban J connectivity index is 1.70. The summed E-state index contributed by atoms with van der Waals surface area (Å²) in [4.78, 5) is 19.0. The second-order valence-corrected chi connectivity index (χ2v) is 9.59. The number of carbonyl (C=O) groups is 1. The van der Waals surface area contributed by atoms with Crippen molar-refractivity contribution < 1.29 is 9.90 Å². The summed E-state index contributed by atoms with van der Waals surface area (Å²) in [6, 6.07) is 13.1. The molecule has 0 bridgehead atoms. The van der Waals surface area contributed by atoms with Crippen molar-refractivity contribution in [1.82, 2.24) is 0 Å². The fourth-order valence-corrected chi connectivity index (χ4v) is 5.84. The van der Waals surface area contributed by atoms with Crippen LogP contribution in [-0.4, -0.2) is 17.2 Å². The number of hydrogen-bond donors (Lipinski definition) is 2. The van der Waals surface area contributed by atoms with E-state index < -0.39 is 0 Å². The van der Waals surface area contributed by atoms with Gasteiger partial charge in [-0.25, -0.2) is 4.99 Å². The van der Waals surface area contributed by atoms with Crippen LogP contribution in [-0.2, 0) is 12.8 Å². The standard InChI is InChI=1S/C22H18Br2N2O2S/c23-16-10-13(11-17(24)20(16)27)12-25-22-19(15-8-4-5-9-18(15)29-22)21(28)26-14-6-2-1-3-7-14/h1-3,6-7,10-12,27H,4-5,8-9H2,(H,26,28). The molecule has 4 rings (SSSR count). The molecule has 1 aliphatic carbocycles. The number of carbonyl (C=O) groups excluding carboxylic acids is 1. The number of hydrogen-bond acceptors (Lipinski definition) is 4. The Kier molecular flexibility index (Phi) is 6.18. The van der Waals surface area contributed by atoms with Crippen molar-refractivity contribution >= 4 is 66.0 Å². The summed E-state index contributed by atoms with van der Waals surface area (Å²) in [5, 5.41) is 13.6. The lowest BCUT2D eigenvalue weighted by atomic mass is 9.95. The van der Waals surface area contributed by atoms with Gasteiger partial charge >= 0.3 is 0 Å². The van der Waals surface area contributed by atoms with Gasteiger partial charge in [0.25, 0.3) is 5.91 Å². The molecule has 0 fully saturated rings. The first-order valence-corrected chi connectivity index (χ1v) is 11.7. The SMILES string of the molecule is O=C(Nc1ccccc1)c1c(N=Cc2cc(Br)c(O)c(Br)c2)sc2c1CCCC2. The lowest BCUT2D eigenvalue weighted by Gasteiger charge is -2.12. The number of rotatable bonds is 4. The van der Waals surface area contributed by atoms with Gasteiger partial charge in [0.05, 0.1) is 14.5 Å². The normalized spacial score (nSPS) is 13.4. The molecule has 0 saturated carbocycles. The maximum Gasteiger partial charge on any atom is 0.259 e. The van der Waals surface area contributed by atoms with E-state index in [1.807, 2.05) is 30.3 Å². The Morgan fingerprint density at radius 1 is 1.10 bits per heavy atom. The quantitative estimate of drug-likeness (QED) is 0.360. The predicted octanol–water partition coefficient (Wildman–Crippen LogP) is 6.86. The van der Waals surface area contributed by atoms with Crippen LogP contribution >= 0.6 is 43.2 Å². The molecule has 1 amide bonds. The third-order valence-electron chi connectivity index (χ3n) is 4.78. The summed E-state index contributed by atoms with van der Waals surface area (Å²) in [6.45, 7) is 0. The highest BCUT2D eigenvalue weighted by molar-refractivity contribution is 9.11. The van der Waals surface area contributed by atoms with Gasteiger partial charge in [-0.3, -0.25) is 4.79 Å². The molecule has 2 N–H and O–H groups in total. The van der Waals surface area contributed by atoms with E-state index in [1.165, 1.54) is 4.88 Å². The molecule has 2 aromatic carbocycles. The first-order valence-electron chi connectivity index (χ1n) is 9.26. The van der Waals surface area contributed by atoms with Crippen LogP contribution in [0.1, 0.15) is 39.2 Å². The van der Waals surface area contributed by atoms with Crippen LogP contribution in [0.5, 0.6) is 5.75 Å². The molecule has 0 atom stereocenters.